The Morgan fingerprint density at radius 3 is 3.00 bits per heavy atom. The number of nitrogens with zero attached hydrogens (tertiary/aromatic N) is 1. The SMILES string of the molecule is CN1C[C]=CN1. The second-order valence-electron chi connectivity index (χ2n) is 1.33. The summed E-state index contributed by atoms with van der Waals surface area (Å²) in [5.41, 5.74) is 2.92. The van der Waals surface area contributed by atoms with Crippen molar-refractivity contribution in [1.29, 1.82) is 0 Å². The van der Waals surface area contributed by atoms with Gasteiger partial charge in [-0.1, -0.05) is 0 Å². The molecule has 0 unspecified atom stereocenters. The minimum atomic E-state index is 0.903. The summed E-state index contributed by atoms with van der Waals surface area (Å²) in [5.74, 6) is 0. The van der Waals surface area contributed by atoms with Crippen molar-refractivity contribution in [2.45, 2.75) is 0 Å². The van der Waals surface area contributed by atoms with Crippen molar-refractivity contribution in [2.75, 3.05) is 13.6 Å². The third kappa shape index (κ3) is 0.518. The average molecular weight is 83.1 g/mol. The number of likely N-dealkylation sites (N-methyl/N-ethyl adjacent to an activating group) is 1. The molecule has 0 saturated heterocycles. The van der Waals surface area contributed by atoms with Crippen LogP contribution >= 0.6 is 0 Å². The largest absolute Gasteiger partial charge is 0.326 e. The zero-order valence-electron chi connectivity index (χ0n) is 3.73. The molecule has 0 amide bonds. The summed E-state index contributed by atoms with van der Waals surface area (Å²) in [6, 6.07) is 0. The van der Waals surface area contributed by atoms with Crippen LogP contribution in [-0.2, 0) is 0 Å². The van der Waals surface area contributed by atoms with Crippen molar-refractivity contribution in [2.24, 2.45) is 0 Å². The van der Waals surface area contributed by atoms with Crippen molar-refractivity contribution < 1.29 is 0 Å². The highest BCUT2D eigenvalue weighted by Gasteiger charge is 1.93. The molecule has 0 spiro atoms. The Labute approximate surface area is 37.4 Å². The van der Waals surface area contributed by atoms with Crippen molar-refractivity contribution in [3.05, 3.63) is 12.3 Å². The molecule has 0 saturated carbocycles. The zero-order chi connectivity index (χ0) is 4.41. The van der Waals surface area contributed by atoms with E-state index in [1.165, 1.54) is 0 Å². The van der Waals surface area contributed by atoms with Crippen molar-refractivity contribution in [3.8, 4) is 0 Å². The monoisotopic (exact) mass is 83.1 g/mol. The Balaban J connectivity index is 2.32. The van der Waals surface area contributed by atoms with Gasteiger partial charge in [-0.2, -0.15) is 0 Å². The fraction of sp³-hybridized carbons (Fsp3) is 0.500. The van der Waals surface area contributed by atoms with Crippen molar-refractivity contribution in [1.82, 2.24) is 10.4 Å². The van der Waals surface area contributed by atoms with E-state index in [0.29, 0.717) is 0 Å². The zero-order valence-corrected chi connectivity index (χ0v) is 3.73. The van der Waals surface area contributed by atoms with Gasteiger partial charge in [0, 0.05) is 19.8 Å². The molecule has 1 aliphatic rings. The summed E-state index contributed by atoms with van der Waals surface area (Å²) < 4.78 is 0. The van der Waals surface area contributed by atoms with Gasteiger partial charge in [0.25, 0.3) is 0 Å². The fourth-order valence-corrected chi connectivity index (χ4v) is 0.384. The van der Waals surface area contributed by atoms with Crippen LogP contribution in [-0.4, -0.2) is 18.6 Å². The van der Waals surface area contributed by atoms with Gasteiger partial charge in [0.15, 0.2) is 0 Å². The molecule has 1 aliphatic heterocycles. The molecular weight excluding hydrogens is 76.1 g/mol. The minimum absolute atomic E-state index is 0.903. The molecule has 0 atom stereocenters. The summed E-state index contributed by atoms with van der Waals surface area (Å²) in [5, 5.41) is 1.94. The van der Waals surface area contributed by atoms with Gasteiger partial charge in [0.2, 0.25) is 0 Å². The van der Waals surface area contributed by atoms with Crippen LogP contribution in [0.1, 0.15) is 0 Å². The number of hydrogen-bond acceptors (Lipinski definition) is 2. The summed E-state index contributed by atoms with van der Waals surface area (Å²) >= 11 is 0. The smallest absolute Gasteiger partial charge is 0.0444 e. The minimum Gasteiger partial charge on any atom is -0.326 e. The number of hydrazine groups is 1. The van der Waals surface area contributed by atoms with E-state index < -0.39 is 0 Å². The molecule has 0 bridgehead atoms. The maximum atomic E-state index is 2.96. The van der Waals surface area contributed by atoms with Gasteiger partial charge in [0.05, 0.1) is 0 Å². The molecule has 0 fully saturated rings. The van der Waals surface area contributed by atoms with E-state index in [1.54, 1.807) is 6.20 Å². The van der Waals surface area contributed by atoms with E-state index in [0.717, 1.165) is 6.54 Å². The van der Waals surface area contributed by atoms with Crippen LogP contribution in [0.4, 0.5) is 0 Å². The van der Waals surface area contributed by atoms with Crippen LogP contribution in [0.3, 0.4) is 0 Å². The van der Waals surface area contributed by atoms with E-state index in [2.05, 4.69) is 11.5 Å². The summed E-state index contributed by atoms with van der Waals surface area (Å²) in [6.07, 6.45) is 4.77. The second kappa shape index (κ2) is 1.30. The van der Waals surface area contributed by atoms with E-state index in [1.807, 2.05) is 12.1 Å². The van der Waals surface area contributed by atoms with Gasteiger partial charge >= 0.3 is 0 Å². The number of hydrogen-bond donors (Lipinski definition) is 1. The van der Waals surface area contributed by atoms with E-state index in [4.69, 9.17) is 0 Å². The highest BCUT2D eigenvalue weighted by Crippen LogP contribution is 1.81. The molecule has 0 aliphatic carbocycles. The molecule has 0 aromatic rings. The van der Waals surface area contributed by atoms with Crippen LogP contribution < -0.4 is 5.43 Å². The summed E-state index contributed by atoms with van der Waals surface area (Å²) in [6.45, 7) is 0.903. The van der Waals surface area contributed by atoms with Crippen LogP contribution in [0, 0.1) is 6.08 Å². The first-order valence-corrected chi connectivity index (χ1v) is 1.92. The van der Waals surface area contributed by atoms with Gasteiger partial charge in [-0.05, 0) is 6.08 Å². The summed E-state index contributed by atoms with van der Waals surface area (Å²) in [4.78, 5) is 0. The maximum absolute atomic E-state index is 2.96. The molecule has 1 radical (unpaired) electrons. The average Bonchev–Trinajstić information content (AvgIpc) is 1.86. The first kappa shape index (κ1) is 3.68. The first-order valence-electron chi connectivity index (χ1n) is 1.92. The van der Waals surface area contributed by atoms with E-state index >= 15 is 0 Å². The molecule has 6 heavy (non-hydrogen) atoms. The third-order valence-corrected chi connectivity index (χ3v) is 0.715. The molecule has 0 aromatic carbocycles. The quantitative estimate of drug-likeness (QED) is 0.434. The van der Waals surface area contributed by atoms with E-state index in [-0.39, 0.29) is 0 Å². The Morgan fingerprint density at radius 1 is 2.00 bits per heavy atom. The molecule has 1 N–H and O–H groups in total. The number of nitrogens with one attached hydrogen (secondary N) is 1. The maximum Gasteiger partial charge on any atom is 0.0444 e. The van der Waals surface area contributed by atoms with Gasteiger partial charge < -0.3 is 5.43 Å². The van der Waals surface area contributed by atoms with Crippen LogP contribution in [0.15, 0.2) is 6.20 Å². The molecule has 2 heteroatoms. The lowest BCUT2D eigenvalue weighted by atomic mass is 10.6. The summed E-state index contributed by atoms with van der Waals surface area (Å²) in [7, 11) is 1.97. The lowest BCUT2D eigenvalue weighted by Gasteiger charge is -2.04. The third-order valence-electron chi connectivity index (χ3n) is 0.715. The van der Waals surface area contributed by atoms with Crippen LogP contribution in [0.25, 0.3) is 0 Å². The normalized spacial score (nSPS) is 21.5. The van der Waals surface area contributed by atoms with Crippen LogP contribution in [0.5, 0.6) is 0 Å². The standard InChI is InChI=1S/C4H7N2/c1-6-4-2-3-5-6/h3,5H,4H2,1H3. The van der Waals surface area contributed by atoms with Gasteiger partial charge in [0.1, 0.15) is 0 Å². The Morgan fingerprint density at radius 2 is 2.83 bits per heavy atom. The first-order chi connectivity index (χ1) is 2.89. The molecule has 2 nitrogen and oxygen atoms in total. The molecular formula is C4H7N2. The topological polar surface area (TPSA) is 15.3 Å². The molecule has 1 rings (SSSR count). The Kier molecular flexibility index (Phi) is 0.801. The second-order valence-corrected chi connectivity index (χ2v) is 1.33. The van der Waals surface area contributed by atoms with Crippen LogP contribution in [0.2, 0.25) is 0 Å². The van der Waals surface area contributed by atoms with Crippen molar-refractivity contribution >= 4 is 0 Å². The highest BCUT2D eigenvalue weighted by molar-refractivity contribution is 4.78. The molecule has 33 valence electrons. The Bertz CT molecular complexity index is 59.9. The van der Waals surface area contributed by atoms with Gasteiger partial charge in [-0.25, -0.2) is 5.01 Å². The van der Waals surface area contributed by atoms with Gasteiger partial charge in [-0.3, -0.25) is 0 Å². The predicted octanol–water partition coefficient (Wildman–Crippen LogP) is -0.247. The molecule has 0 aromatic heterocycles. The Hall–Kier alpha value is -0.500. The predicted molar refractivity (Wildman–Crippen MR) is 23.6 cm³/mol. The van der Waals surface area contributed by atoms with Gasteiger partial charge in [-0.15, -0.1) is 0 Å². The van der Waals surface area contributed by atoms with Crippen molar-refractivity contribution in [3.63, 3.8) is 0 Å². The van der Waals surface area contributed by atoms with E-state index in [9.17, 15) is 0 Å². The number of rotatable bonds is 0. The lowest BCUT2D eigenvalue weighted by Crippen LogP contribution is -2.24. The highest BCUT2D eigenvalue weighted by atomic mass is 15.5. The lowest BCUT2D eigenvalue weighted by molar-refractivity contribution is 0.330. The molecule has 1 heterocycles. The fourth-order valence-electron chi connectivity index (χ4n) is 0.384.